The number of nitrogen functional groups attached to an aromatic ring is 1. The minimum absolute atomic E-state index is 0.150. The minimum Gasteiger partial charge on any atom is -0.481 e. The SMILES string of the molecule is COc1cc([C@H]2Cc3nc(N)nc(C)c3C(=O)N2)c(-c2cccc(OC)n2)cn1. The van der Waals surface area contributed by atoms with Gasteiger partial charge < -0.3 is 20.5 Å². The molecular weight excluding hydrogens is 372 g/mol. The highest BCUT2D eigenvalue weighted by atomic mass is 16.5. The number of aryl methyl sites for hydroxylation is 1. The Morgan fingerprint density at radius 3 is 2.69 bits per heavy atom. The van der Waals surface area contributed by atoms with Crippen LogP contribution in [0.25, 0.3) is 11.3 Å². The lowest BCUT2D eigenvalue weighted by Gasteiger charge is -2.27. The molecule has 3 N–H and O–H groups in total. The van der Waals surface area contributed by atoms with Crippen LogP contribution in [0.2, 0.25) is 0 Å². The Kier molecular flexibility index (Phi) is 4.71. The smallest absolute Gasteiger partial charge is 0.255 e. The fourth-order valence-corrected chi connectivity index (χ4v) is 3.50. The van der Waals surface area contributed by atoms with Crippen molar-refractivity contribution in [3.63, 3.8) is 0 Å². The molecule has 0 saturated carbocycles. The summed E-state index contributed by atoms with van der Waals surface area (Å²) in [6.45, 7) is 1.75. The molecule has 0 fully saturated rings. The molecule has 0 aromatic carbocycles. The number of nitrogens with zero attached hydrogens (tertiary/aromatic N) is 4. The minimum atomic E-state index is -0.358. The topological polar surface area (TPSA) is 125 Å². The normalized spacial score (nSPS) is 15.4. The van der Waals surface area contributed by atoms with Gasteiger partial charge in [-0.25, -0.2) is 19.9 Å². The summed E-state index contributed by atoms with van der Waals surface area (Å²) in [6, 6.07) is 6.91. The van der Waals surface area contributed by atoms with Crippen LogP contribution in [0.15, 0.2) is 30.5 Å². The summed E-state index contributed by atoms with van der Waals surface area (Å²) in [6.07, 6.45) is 2.13. The second kappa shape index (κ2) is 7.34. The Hall–Kier alpha value is -3.75. The molecule has 1 aliphatic rings. The molecule has 4 heterocycles. The average molecular weight is 392 g/mol. The number of aromatic nitrogens is 4. The molecule has 0 radical (unpaired) electrons. The highest BCUT2D eigenvalue weighted by molar-refractivity contribution is 5.98. The van der Waals surface area contributed by atoms with E-state index in [1.807, 2.05) is 12.1 Å². The van der Waals surface area contributed by atoms with E-state index in [4.69, 9.17) is 15.2 Å². The van der Waals surface area contributed by atoms with Crippen LogP contribution in [0.1, 0.15) is 33.4 Å². The number of ether oxygens (including phenoxy) is 2. The van der Waals surface area contributed by atoms with E-state index in [1.165, 1.54) is 0 Å². The summed E-state index contributed by atoms with van der Waals surface area (Å²) in [4.78, 5) is 30.0. The van der Waals surface area contributed by atoms with E-state index >= 15 is 0 Å². The van der Waals surface area contributed by atoms with Crippen molar-refractivity contribution in [2.75, 3.05) is 20.0 Å². The standard InChI is InChI=1S/C20H20N6O3/c1-10-18-15(26-20(21)23-10)8-14(25-19(18)27)11-7-17(29-3)22-9-12(11)13-5-4-6-16(24-13)28-2/h4-7,9,14H,8H2,1-3H3,(H,25,27)(H2,21,23,26)/t14-/m1/s1. The first-order chi connectivity index (χ1) is 14.0. The molecule has 9 nitrogen and oxygen atoms in total. The Morgan fingerprint density at radius 2 is 1.93 bits per heavy atom. The van der Waals surface area contributed by atoms with Crippen LogP contribution in [-0.4, -0.2) is 40.1 Å². The molecule has 0 aliphatic carbocycles. The van der Waals surface area contributed by atoms with Crippen molar-refractivity contribution in [3.8, 4) is 23.0 Å². The summed E-state index contributed by atoms with van der Waals surface area (Å²) >= 11 is 0. The number of anilines is 1. The van der Waals surface area contributed by atoms with E-state index < -0.39 is 0 Å². The van der Waals surface area contributed by atoms with Crippen LogP contribution in [0.4, 0.5) is 5.95 Å². The molecule has 29 heavy (non-hydrogen) atoms. The highest BCUT2D eigenvalue weighted by Gasteiger charge is 2.31. The first-order valence-electron chi connectivity index (χ1n) is 8.99. The Morgan fingerprint density at radius 1 is 1.14 bits per heavy atom. The molecule has 148 valence electrons. The molecule has 0 saturated heterocycles. The van der Waals surface area contributed by atoms with Crippen LogP contribution in [0, 0.1) is 6.92 Å². The quantitative estimate of drug-likeness (QED) is 0.689. The fraction of sp³-hybridized carbons (Fsp3) is 0.250. The molecule has 1 atom stereocenters. The van der Waals surface area contributed by atoms with Crippen molar-refractivity contribution in [1.82, 2.24) is 25.3 Å². The van der Waals surface area contributed by atoms with Gasteiger partial charge in [0.15, 0.2) is 0 Å². The van der Waals surface area contributed by atoms with Gasteiger partial charge in [0.2, 0.25) is 17.7 Å². The van der Waals surface area contributed by atoms with Crippen LogP contribution < -0.4 is 20.5 Å². The van der Waals surface area contributed by atoms with Gasteiger partial charge in [0.1, 0.15) is 0 Å². The van der Waals surface area contributed by atoms with Crippen LogP contribution in [-0.2, 0) is 6.42 Å². The summed E-state index contributed by atoms with van der Waals surface area (Å²) in [5, 5.41) is 3.04. The number of fused-ring (bicyclic) bond motifs is 1. The maximum Gasteiger partial charge on any atom is 0.255 e. The van der Waals surface area contributed by atoms with Gasteiger partial charge in [0.25, 0.3) is 5.91 Å². The maximum absolute atomic E-state index is 12.8. The van der Waals surface area contributed by atoms with Crippen molar-refractivity contribution in [2.45, 2.75) is 19.4 Å². The first kappa shape index (κ1) is 18.6. The van der Waals surface area contributed by atoms with Gasteiger partial charge in [-0.3, -0.25) is 4.79 Å². The second-order valence-corrected chi connectivity index (χ2v) is 6.60. The van der Waals surface area contributed by atoms with Gasteiger partial charge in [-0.2, -0.15) is 0 Å². The van der Waals surface area contributed by atoms with E-state index in [1.54, 1.807) is 39.5 Å². The third-order valence-corrected chi connectivity index (χ3v) is 4.82. The van der Waals surface area contributed by atoms with E-state index in [9.17, 15) is 4.79 Å². The molecule has 0 unspecified atom stereocenters. The average Bonchev–Trinajstić information content (AvgIpc) is 2.72. The Balaban J connectivity index is 1.82. The summed E-state index contributed by atoms with van der Waals surface area (Å²) in [5.41, 5.74) is 9.70. The van der Waals surface area contributed by atoms with E-state index in [-0.39, 0.29) is 17.9 Å². The van der Waals surface area contributed by atoms with Crippen LogP contribution in [0.3, 0.4) is 0 Å². The molecule has 0 bridgehead atoms. The summed E-state index contributed by atoms with van der Waals surface area (Å²) in [7, 11) is 3.10. The maximum atomic E-state index is 12.8. The number of carbonyl (C=O) groups excluding carboxylic acids is 1. The molecule has 0 spiro atoms. The van der Waals surface area contributed by atoms with E-state index in [0.717, 1.165) is 11.1 Å². The van der Waals surface area contributed by atoms with Gasteiger partial charge in [0, 0.05) is 30.3 Å². The molecular formula is C20H20N6O3. The molecule has 4 rings (SSSR count). The molecule has 3 aromatic heterocycles. The zero-order chi connectivity index (χ0) is 20.5. The highest BCUT2D eigenvalue weighted by Crippen LogP contribution is 2.34. The molecule has 1 amide bonds. The third-order valence-electron chi connectivity index (χ3n) is 4.82. The van der Waals surface area contributed by atoms with Crippen LogP contribution >= 0.6 is 0 Å². The largest absolute Gasteiger partial charge is 0.481 e. The third kappa shape index (κ3) is 3.42. The van der Waals surface area contributed by atoms with Gasteiger partial charge in [0.05, 0.1) is 42.9 Å². The lowest BCUT2D eigenvalue weighted by molar-refractivity contribution is 0.0922. The van der Waals surface area contributed by atoms with Crippen molar-refractivity contribution < 1.29 is 14.3 Å². The lowest BCUT2D eigenvalue weighted by atomic mass is 9.91. The first-order valence-corrected chi connectivity index (χ1v) is 8.99. The second-order valence-electron chi connectivity index (χ2n) is 6.60. The number of carbonyl (C=O) groups is 1. The van der Waals surface area contributed by atoms with Crippen molar-refractivity contribution in [1.29, 1.82) is 0 Å². The zero-order valence-corrected chi connectivity index (χ0v) is 16.3. The number of hydrogen-bond donors (Lipinski definition) is 2. The van der Waals surface area contributed by atoms with Crippen molar-refractivity contribution in [2.24, 2.45) is 0 Å². The summed E-state index contributed by atoms with van der Waals surface area (Å²) in [5.74, 6) is 0.828. The number of nitrogens with one attached hydrogen (secondary N) is 1. The monoisotopic (exact) mass is 392 g/mol. The number of pyridine rings is 2. The number of rotatable bonds is 4. The van der Waals surface area contributed by atoms with E-state index in [2.05, 4.69) is 25.3 Å². The van der Waals surface area contributed by atoms with Gasteiger partial charge in [-0.15, -0.1) is 0 Å². The predicted octanol–water partition coefficient (Wildman–Crippen LogP) is 1.87. The molecule has 3 aromatic rings. The van der Waals surface area contributed by atoms with Gasteiger partial charge in [-0.05, 0) is 18.6 Å². The Labute approximate surface area is 167 Å². The predicted molar refractivity (Wildman–Crippen MR) is 106 cm³/mol. The van der Waals surface area contributed by atoms with E-state index in [0.29, 0.717) is 40.8 Å². The fourth-order valence-electron chi connectivity index (χ4n) is 3.50. The number of hydrogen-bond acceptors (Lipinski definition) is 8. The van der Waals surface area contributed by atoms with Crippen molar-refractivity contribution in [3.05, 3.63) is 53.0 Å². The summed E-state index contributed by atoms with van der Waals surface area (Å²) < 4.78 is 10.5. The van der Waals surface area contributed by atoms with Crippen LogP contribution in [0.5, 0.6) is 11.8 Å². The number of amides is 1. The lowest BCUT2D eigenvalue weighted by Crippen LogP contribution is -2.37. The number of nitrogens with two attached hydrogens (primary N) is 1. The Bertz CT molecular complexity index is 1100. The van der Waals surface area contributed by atoms with Crippen molar-refractivity contribution >= 4 is 11.9 Å². The number of methoxy groups -OCH3 is 2. The van der Waals surface area contributed by atoms with Gasteiger partial charge >= 0.3 is 0 Å². The molecule has 1 aliphatic heterocycles. The zero-order valence-electron chi connectivity index (χ0n) is 16.3. The van der Waals surface area contributed by atoms with Gasteiger partial charge in [-0.1, -0.05) is 6.07 Å². The molecule has 9 heteroatoms.